The molecule has 0 atom stereocenters. The average Bonchev–Trinajstić information content (AvgIpc) is 2.50. The van der Waals surface area contributed by atoms with Crippen LogP contribution >= 0.6 is 0 Å². The fourth-order valence-corrected chi connectivity index (χ4v) is 2.25. The van der Waals surface area contributed by atoms with Crippen LogP contribution in [0.25, 0.3) is 0 Å². The third kappa shape index (κ3) is 3.60. The number of hydrogen-bond acceptors (Lipinski definition) is 3. The van der Waals surface area contributed by atoms with Crippen LogP contribution in [0.4, 0.5) is 11.5 Å². The van der Waals surface area contributed by atoms with Gasteiger partial charge in [0.1, 0.15) is 5.82 Å². The Morgan fingerprint density at radius 3 is 2.57 bits per heavy atom. The average molecular weight is 284 g/mol. The molecule has 2 rings (SSSR count). The summed E-state index contributed by atoms with van der Waals surface area (Å²) in [5, 5.41) is 9.04. The summed E-state index contributed by atoms with van der Waals surface area (Å²) in [4.78, 5) is 17.5. The van der Waals surface area contributed by atoms with Gasteiger partial charge in [-0.2, -0.15) is 0 Å². The van der Waals surface area contributed by atoms with Gasteiger partial charge < -0.3 is 10.0 Å². The van der Waals surface area contributed by atoms with E-state index >= 15 is 0 Å². The largest absolute Gasteiger partial charge is 0.478 e. The number of aromatic carboxylic acids is 1. The highest BCUT2D eigenvalue weighted by atomic mass is 16.4. The van der Waals surface area contributed by atoms with E-state index in [0.717, 1.165) is 36.5 Å². The highest BCUT2D eigenvalue weighted by molar-refractivity contribution is 5.88. The number of aryl methyl sites for hydroxylation is 1. The van der Waals surface area contributed by atoms with E-state index in [1.165, 1.54) is 6.20 Å². The lowest BCUT2D eigenvalue weighted by molar-refractivity contribution is 0.0696. The lowest BCUT2D eigenvalue weighted by Gasteiger charge is -2.25. The number of hydrogen-bond donors (Lipinski definition) is 1. The van der Waals surface area contributed by atoms with Crippen LogP contribution in [0, 0.1) is 6.92 Å². The highest BCUT2D eigenvalue weighted by Gasteiger charge is 2.14. The third-order valence-electron chi connectivity index (χ3n) is 3.36. The van der Waals surface area contributed by atoms with Crippen molar-refractivity contribution in [1.82, 2.24) is 4.98 Å². The van der Waals surface area contributed by atoms with E-state index in [0.29, 0.717) is 0 Å². The standard InChI is InChI=1S/C17H20N2O2/c1-3-4-10-19(15-8-6-5-7-9-15)16-13(2)11-14(12-18-16)17(20)21/h5-9,11-12H,3-4,10H2,1-2H3,(H,20,21). The van der Waals surface area contributed by atoms with E-state index in [4.69, 9.17) is 5.11 Å². The normalized spacial score (nSPS) is 10.4. The fourth-order valence-electron chi connectivity index (χ4n) is 2.25. The number of rotatable bonds is 6. The van der Waals surface area contributed by atoms with Crippen LogP contribution in [0.15, 0.2) is 42.6 Å². The Kier molecular flexibility index (Phi) is 4.93. The number of anilines is 2. The minimum absolute atomic E-state index is 0.222. The Bertz CT molecular complexity index is 611. The Hall–Kier alpha value is -2.36. The van der Waals surface area contributed by atoms with Gasteiger partial charge in [-0.3, -0.25) is 0 Å². The molecule has 0 fully saturated rings. The maximum absolute atomic E-state index is 11.0. The topological polar surface area (TPSA) is 53.4 Å². The van der Waals surface area contributed by atoms with Gasteiger partial charge in [-0.15, -0.1) is 0 Å². The summed E-state index contributed by atoms with van der Waals surface area (Å²) < 4.78 is 0. The van der Waals surface area contributed by atoms with Gasteiger partial charge in [-0.1, -0.05) is 31.5 Å². The van der Waals surface area contributed by atoms with E-state index in [2.05, 4.69) is 16.8 Å². The molecule has 4 heteroatoms. The number of benzene rings is 1. The second kappa shape index (κ2) is 6.88. The van der Waals surface area contributed by atoms with Crippen molar-refractivity contribution in [3.05, 3.63) is 53.7 Å². The molecule has 0 aliphatic rings. The fraction of sp³-hybridized carbons (Fsp3) is 0.294. The first kappa shape index (κ1) is 15.0. The quantitative estimate of drug-likeness (QED) is 0.870. The molecular weight excluding hydrogens is 264 g/mol. The zero-order valence-electron chi connectivity index (χ0n) is 12.4. The summed E-state index contributed by atoms with van der Waals surface area (Å²) in [5.74, 6) is -0.128. The third-order valence-corrected chi connectivity index (χ3v) is 3.36. The van der Waals surface area contributed by atoms with Crippen LogP contribution in [-0.4, -0.2) is 22.6 Å². The van der Waals surface area contributed by atoms with Gasteiger partial charge in [-0.05, 0) is 37.1 Å². The number of nitrogens with zero attached hydrogens (tertiary/aromatic N) is 2. The van der Waals surface area contributed by atoms with Crippen molar-refractivity contribution < 1.29 is 9.90 Å². The number of aromatic nitrogens is 1. The molecule has 1 aromatic carbocycles. The molecule has 0 amide bonds. The van der Waals surface area contributed by atoms with Crippen LogP contribution in [0.5, 0.6) is 0 Å². The Labute approximate surface area is 125 Å². The Morgan fingerprint density at radius 1 is 1.29 bits per heavy atom. The minimum atomic E-state index is -0.947. The minimum Gasteiger partial charge on any atom is -0.478 e. The molecule has 0 aliphatic heterocycles. The molecule has 0 saturated carbocycles. The first-order valence-corrected chi connectivity index (χ1v) is 7.16. The van der Waals surface area contributed by atoms with Crippen molar-refractivity contribution in [2.75, 3.05) is 11.4 Å². The van der Waals surface area contributed by atoms with E-state index < -0.39 is 5.97 Å². The first-order chi connectivity index (χ1) is 10.1. The highest BCUT2D eigenvalue weighted by Crippen LogP contribution is 2.27. The van der Waals surface area contributed by atoms with Crippen molar-refractivity contribution in [3.8, 4) is 0 Å². The lowest BCUT2D eigenvalue weighted by Crippen LogP contribution is -2.20. The van der Waals surface area contributed by atoms with Crippen molar-refractivity contribution in [2.45, 2.75) is 26.7 Å². The van der Waals surface area contributed by atoms with Crippen molar-refractivity contribution in [1.29, 1.82) is 0 Å². The van der Waals surface area contributed by atoms with E-state index in [9.17, 15) is 4.79 Å². The lowest BCUT2D eigenvalue weighted by atomic mass is 10.1. The molecule has 0 aliphatic carbocycles. The summed E-state index contributed by atoms with van der Waals surface area (Å²) >= 11 is 0. The molecule has 0 radical (unpaired) electrons. The predicted molar refractivity (Wildman–Crippen MR) is 84.3 cm³/mol. The van der Waals surface area contributed by atoms with Gasteiger partial charge in [0, 0.05) is 18.4 Å². The van der Waals surface area contributed by atoms with Crippen LogP contribution in [-0.2, 0) is 0 Å². The second-order valence-corrected chi connectivity index (χ2v) is 5.01. The van der Waals surface area contributed by atoms with Crippen LogP contribution in [0.2, 0.25) is 0 Å². The Morgan fingerprint density at radius 2 is 2.00 bits per heavy atom. The van der Waals surface area contributed by atoms with Gasteiger partial charge in [0.25, 0.3) is 0 Å². The molecule has 110 valence electrons. The summed E-state index contributed by atoms with van der Waals surface area (Å²) in [6.07, 6.45) is 3.57. The first-order valence-electron chi connectivity index (χ1n) is 7.16. The number of pyridine rings is 1. The SMILES string of the molecule is CCCCN(c1ccccc1)c1ncc(C(=O)O)cc1C. The smallest absolute Gasteiger partial charge is 0.337 e. The summed E-state index contributed by atoms with van der Waals surface area (Å²) in [5.41, 5.74) is 2.17. The molecular formula is C17H20N2O2. The molecule has 2 aromatic rings. The van der Waals surface area contributed by atoms with E-state index in [1.807, 2.05) is 37.3 Å². The zero-order chi connectivity index (χ0) is 15.2. The zero-order valence-corrected chi connectivity index (χ0v) is 12.4. The summed E-state index contributed by atoms with van der Waals surface area (Å²) in [6.45, 7) is 4.91. The molecule has 0 bridgehead atoms. The van der Waals surface area contributed by atoms with Gasteiger partial charge in [0.05, 0.1) is 5.56 Å². The number of para-hydroxylation sites is 1. The number of carbonyl (C=O) groups is 1. The maximum Gasteiger partial charge on any atom is 0.337 e. The van der Waals surface area contributed by atoms with Crippen molar-refractivity contribution >= 4 is 17.5 Å². The molecule has 0 spiro atoms. The van der Waals surface area contributed by atoms with Crippen molar-refractivity contribution in [3.63, 3.8) is 0 Å². The molecule has 21 heavy (non-hydrogen) atoms. The van der Waals surface area contributed by atoms with Crippen LogP contribution < -0.4 is 4.90 Å². The van der Waals surface area contributed by atoms with Crippen LogP contribution in [0.1, 0.15) is 35.7 Å². The van der Waals surface area contributed by atoms with E-state index in [1.54, 1.807) is 6.07 Å². The molecule has 0 saturated heterocycles. The van der Waals surface area contributed by atoms with Gasteiger partial charge in [0.15, 0.2) is 0 Å². The van der Waals surface area contributed by atoms with Gasteiger partial charge in [0.2, 0.25) is 0 Å². The summed E-state index contributed by atoms with van der Waals surface area (Å²) in [6, 6.07) is 11.7. The van der Waals surface area contributed by atoms with Gasteiger partial charge >= 0.3 is 5.97 Å². The number of unbranched alkanes of at least 4 members (excludes halogenated alkanes) is 1. The Balaban J connectivity index is 2.39. The van der Waals surface area contributed by atoms with Gasteiger partial charge in [-0.25, -0.2) is 9.78 Å². The predicted octanol–water partition coefficient (Wildman–Crippen LogP) is 4.03. The number of carboxylic acid groups (broad SMARTS) is 1. The maximum atomic E-state index is 11.0. The molecule has 4 nitrogen and oxygen atoms in total. The molecule has 0 unspecified atom stereocenters. The van der Waals surface area contributed by atoms with E-state index in [-0.39, 0.29) is 5.56 Å². The number of carboxylic acids is 1. The molecule has 1 N–H and O–H groups in total. The monoisotopic (exact) mass is 284 g/mol. The summed E-state index contributed by atoms with van der Waals surface area (Å²) in [7, 11) is 0. The molecule has 1 heterocycles. The van der Waals surface area contributed by atoms with Crippen LogP contribution in [0.3, 0.4) is 0 Å². The second-order valence-electron chi connectivity index (χ2n) is 5.01. The molecule has 1 aromatic heterocycles. The van der Waals surface area contributed by atoms with Crippen molar-refractivity contribution in [2.24, 2.45) is 0 Å².